The Labute approximate surface area is 106 Å². The van der Waals surface area contributed by atoms with Gasteiger partial charge in [0.25, 0.3) is 0 Å². The number of halogens is 2. The summed E-state index contributed by atoms with van der Waals surface area (Å²) in [5, 5.41) is 10.5. The zero-order chi connectivity index (χ0) is 12.0. The predicted molar refractivity (Wildman–Crippen MR) is 65.4 cm³/mol. The Morgan fingerprint density at radius 3 is 2.65 bits per heavy atom. The Hall–Kier alpha value is -0.600. The van der Waals surface area contributed by atoms with Crippen LogP contribution < -0.4 is 0 Å². The van der Waals surface area contributed by atoms with Crippen LogP contribution in [0.25, 0.3) is 0 Å². The first kappa shape index (κ1) is 11.5. The van der Waals surface area contributed by atoms with Gasteiger partial charge >= 0.3 is 0 Å². The summed E-state index contributed by atoms with van der Waals surface area (Å²) in [7, 11) is 0. The fraction of sp³-hybridized carbons (Fsp3) is 0.571. The van der Waals surface area contributed by atoms with Crippen LogP contribution in [0.3, 0.4) is 0 Å². The standard InChI is InChI=1S/C14H16ClFO/c15-12-2-1-8(13(16)7-12)6-14(17)11-4-9-3-10(9)5-11/h1-2,7,9-11,14,17H,3-6H2. The van der Waals surface area contributed by atoms with E-state index in [0.717, 1.165) is 24.7 Å². The maximum Gasteiger partial charge on any atom is 0.127 e. The summed E-state index contributed by atoms with van der Waals surface area (Å²) in [5.41, 5.74) is 0.572. The van der Waals surface area contributed by atoms with Crippen molar-refractivity contribution in [2.24, 2.45) is 17.8 Å². The van der Waals surface area contributed by atoms with Crippen molar-refractivity contribution in [3.8, 4) is 0 Å². The molecule has 0 heterocycles. The summed E-state index contributed by atoms with van der Waals surface area (Å²) in [6, 6.07) is 4.67. The van der Waals surface area contributed by atoms with Crippen molar-refractivity contribution in [3.63, 3.8) is 0 Å². The average Bonchev–Trinajstić information content (AvgIpc) is 2.89. The molecule has 2 saturated carbocycles. The molecule has 92 valence electrons. The normalized spacial score (nSPS) is 32.3. The van der Waals surface area contributed by atoms with Crippen LogP contribution in [0.4, 0.5) is 4.39 Å². The van der Waals surface area contributed by atoms with Crippen molar-refractivity contribution >= 4 is 11.6 Å². The molecule has 1 aromatic carbocycles. The highest BCUT2D eigenvalue weighted by molar-refractivity contribution is 6.30. The summed E-state index contributed by atoms with van der Waals surface area (Å²) in [5.74, 6) is 1.77. The molecule has 3 atom stereocenters. The van der Waals surface area contributed by atoms with E-state index in [9.17, 15) is 9.50 Å². The first-order valence-corrected chi connectivity index (χ1v) is 6.63. The average molecular weight is 255 g/mol. The Morgan fingerprint density at radius 2 is 2.00 bits per heavy atom. The van der Waals surface area contributed by atoms with Crippen molar-refractivity contribution in [1.82, 2.24) is 0 Å². The number of hydrogen-bond donors (Lipinski definition) is 1. The van der Waals surface area contributed by atoms with Gasteiger partial charge in [0.15, 0.2) is 0 Å². The Kier molecular flexibility index (Phi) is 2.87. The molecule has 1 aromatic rings. The molecule has 2 fully saturated rings. The number of hydrogen-bond acceptors (Lipinski definition) is 1. The van der Waals surface area contributed by atoms with E-state index in [-0.39, 0.29) is 5.82 Å². The fourth-order valence-electron chi connectivity index (χ4n) is 3.15. The lowest BCUT2D eigenvalue weighted by atomic mass is 9.92. The smallest absolute Gasteiger partial charge is 0.127 e. The molecule has 0 spiro atoms. The highest BCUT2D eigenvalue weighted by Gasteiger charge is 2.47. The molecular weight excluding hydrogens is 239 g/mol. The third kappa shape index (κ3) is 2.34. The zero-order valence-corrected chi connectivity index (χ0v) is 10.3. The maximum absolute atomic E-state index is 13.6. The SMILES string of the molecule is OC(Cc1ccc(Cl)cc1F)C1CC2CC2C1. The molecule has 3 unspecified atom stereocenters. The van der Waals surface area contributed by atoms with E-state index in [1.54, 1.807) is 12.1 Å². The minimum absolute atomic E-state index is 0.306. The molecule has 0 aromatic heterocycles. The van der Waals surface area contributed by atoms with E-state index in [4.69, 9.17) is 11.6 Å². The third-order valence-electron chi connectivity index (χ3n) is 4.27. The van der Waals surface area contributed by atoms with Gasteiger partial charge in [-0.2, -0.15) is 0 Å². The molecule has 3 heteroatoms. The second-order valence-electron chi connectivity index (χ2n) is 5.49. The van der Waals surface area contributed by atoms with Gasteiger partial charge in [0.05, 0.1) is 6.10 Å². The van der Waals surface area contributed by atoms with Crippen molar-refractivity contribution in [3.05, 3.63) is 34.6 Å². The Bertz CT molecular complexity index is 424. The van der Waals surface area contributed by atoms with Crippen LogP contribution in [0.5, 0.6) is 0 Å². The summed E-state index contributed by atoms with van der Waals surface area (Å²) >= 11 is 5.70. The Balaban J connectivity index is 1.65. The van der Waals surface area contributed by atoms with Crippen molar-refractivity contribution < 1.29 is 9.50 Å². The number of aliphatic hydroxyl groups is 1. The lowest BCUT2D eigenvalue weighted by Crippen LogP contribution is -2.22. The number of rotatable bonds is 3. The molecule has 0 saturated heterocycles. The quantitative estimate of drug-likeness (QED) is 0.876. The summed E-state index contributed by atoms with van der Waals surface area (Å²) < 4.78 is 13.6. The molecule has 1 N–H and O–H groups in total. The summed E-state index contributed by atoms with van der Waals surface area (Å²) in [6.07, 6.45) is 3.60. The van der Waals surface area contributed by atoms with Gasteiger partial charge in [-0.25, -0.2) is 4.39 Å². The molecular formula is C14H16ClFO. The third-order valence-corrected chi connectivity index (χ3v) is 4.50. The van der Waals surface area contributed by atoms with E-state index in [2.05, 4.69) is 0 Å². The minimum atomic E-state index is -0.404. The van der Waals surface area contributed by atoms with Gasteiger partial charge in [-0.3, -0.25) is 0 Å². The van der Waals surface area contributed by atoms with Crippen LogP contribution in [0.1, 0.15) is 24.8 Å². The maximum atomic E-state index is 13.6. The van der Waals surface area contributed by atoms with E-state index in [0.29, 0.717) is 22.9 Å². The van der Waals surface area contributed by atoms with Crippen molar-refractivity contribution in [1.29, 1.82) is 0 Å². The van der Waals surface area contributed by atoms with Crippen LogP contribution in [0, 0.1) is 23.6 Å². The monoisotopic (exact) mass is 254 g/mol. The highest BCUT2D eigenvalue weighted by atomic mass is 35.5. The molecule has 3 rings (SSSR count). The highest BCUT2D eigenvalue weighted by Crippen LogP contribution is 2.55. The fourth-order valence-corrected chi connectivity index (χ4v) is 3.31. The minimum Gasteiger partial charge on any atom is -0.392 e. The largest absolute Gasteiger partial charge is 0.392 e. The second-order valence-corrected chi connectivity index (χ2v) is 5.93. The van der Waals surface area contributed by atoms with Crippen LogP contribution in [0.15, 0.2) is 18.2 Å². The first-order valence-electron chi connectivity index (χ1n) is 6.25. The van der Waals surface area contributed by atoms with Gasteiger partial charge in [0.2, 0.25) is 0 Å². The van der Waals surface area contributed by atoms with E-state index >= 15 is 0 Å². The van der Waals surface area contributed by atoms with E-state index in [1.165, 1.54) is 12.5 Å². The first-order chi connectivity index (χ1) is 8.13. The van der Waals surface area contributed by atoms with Crippen LogP contribution in [-0.2, 0) is 6.42 Å². The summed E-state index contributed by atoms with van der Waals surface area (Å²) in [4.78, 5) is 0. The van der Waals surface area contributed by atoms with Gasteiger partial charge < -0.3 is 5.11 Å². The molecule has 0 bridgehead atoms. The predicted octanol–water partition coefficient (Wildman–Crippen LogP) is 3.43. The molecule has 2 aliphatic rings. The zero-order valence-electron chi connectivity index (χ0n) is 9.57. The van der Waals surface area contributed by atoms with E-state index in [1.807, 2.05) is 0 Å². The lowest BCUT2D eigenvalue weighted by molar-refractivity contribution is 0.103. The molecule has 1 nitrogen and oxygen atoms in total. The lowest BCUT2D eigenvalue weighted by Gasteiger charge is -2.19. The van der Waals surface area contributed by atoms with Crippen molar-refractivity contribution in [2.75, 3.05) is 0 Å². The van der Waals surface area contributed by atoms with Crippen LogP contribution in [-0.4, -0.2) is 11.2 Å². The van der Waals surface area contributed by atoms with Gasteiger partial charge in [-0.15, -0.1) is 0 Å². The van der Waals surface area contributed by atoms with Crippen molar-refractivity contribution in [2.45, 2.75) is 31.8 Å². The topological polar surface area (TPSA) is 20.2 Å². The number of benzene rings is 1. The molecule has 0 amide bonds. The summed E-state index contributed by atoms with van der Waals surface area (Å²) in [6.45, 7) is 0. The van der Waals surface area contributed by atoms with Crippen LogP contribution >= 0.6 is 11.6 Å². The van der Waals surface area contributed by atoms with Gasteiger partial charge in [-0.1, -0.05) is 17.7 Å². The van der Waals surface area contributed by atoms with Gasteiger partial charge in [0, 0.05) is 11.4 Å². The van der Waals surface area contributed by atoms with Crippen LogP contribution in [0.2, 0.25) is 5.02 Å². The van der Waals surface area contributed by atoms with Gasteiger partial charge in [0.1, 0.15) is 5.82 Å². The number of fused-ring (bicyclic) bond motifs is 1. The second kappa shape index (κ2) is 4.25. The number of aliphatic hydroxyl groups excluding tert-OH is 1. The van der Waals surface area contributed by atoms with Gasteiger partial charge in [-0.05, 0) is 54.7 Å². The molecule has 17 heavy (non-hydrogen) atoms. The Morgan fingerprint density at radius 1 is 1.29 bits per heavy atom. The molecule has 0 radical (unpaired) electrons. The van der Waals surface area contributed by atoms with E-state index < -0.39 is 6.10 Å². The molecule has 2 aliphatic carbocycles. The molecule has 0 aliphatic heterocycles.